The normalized spacial score (nSPS) is 24.1. The lowest BCUT2D eigenvalue weighted by Crippen LogP contribution is -2.41. The summed E-state index contributed by atoms with van der Waals surface area (Å²) in [4.78, 5) is 2.51. The Morgan fingerprint density at radius 1 is 1.33 bits per heavy atom. The lowest BCUT2D eigenvalue weighted by molar-refractivity contribution is 0.390. The fourth-order valence-corrected chi connectivity index (χ4v) is 3.50. The number of piperidine rings is 1. The van der Waals surface area contributed by atoms with Crippen molar-refractivity contribution in [2.24, 2.45) is 5.92 Å². The van der Waals surface area contributed by atoms with Crippen molar-refractivity contribution in [1.29, 1.82) is 0 Å². The molecule has 0 radical (unpaired) electrons. The van der Waals surface area contributed by atoms with E-state index in [1.807, 2.05) is 0 Å². The van der Waals surface area contributed by atoms with Gasteiger partial charge in [-0.15, -0.1) is 0 Å². The molecule has 1 saturated heterocycles. The summed E-state index contributed by atoms with van der Waals surface area (Å²) in [6, 6.07) is 7.50. The Morgan fingerprint density at radius 3 is 2.76 bits per heavy atom. The van der Waals surface area contributed by atoms with Gasteiger partial charge in [0.2, 0.25) is 0 Å². The number of nitrogens with zero attached hydrogens (tertiary/aromatic N) is 1. The molecule has 0 amide bonds. The third kappa shape index (κ3) is 4.14. The zero-order valence-electron chi connectivity index (χ0n) is 13.8. The van der Waals surface area contributed by atoms with Crippen LogP contribution in [0.1, 0.15) is 58.6 Å². The monoisotopic (exact) mass is 308 g/mol. The maximum Gasteiger partial charge on any atom is 0.0474 e. The first-order valence-electron chi connectivity index (χ1n) is 8.32. The Hall–Kier alpha value is -0.730. The van der Waals surface area contributed by atoms with Crippen molar-refractivity contribution in [2.75, 3.05) is 18.0 Å². The fraction of sp³-hybridized carbons (Fsp3) is 0.667. The molecule has 0 spiro atoms. The zero-order chi connectivity index (χ0) is 15.4. The van der Waals surface area contributed by atoms with Crippen molar-refractivity contribution >= 4 is 17.3 Å². The second kappa shape index (κ2) is 7.51. The summed E-state index contributed by atoms with van der Waals surface area (Å²) in [6.07, 6.45) is 3.75. The second-order valence-corrected chi connectivity index (χ2v) is 6.97. The molecule has 0 aliphatic carbocycles. The van der Waals surface area contributed by atoms with E-state index >= 15 is 0 Å². The van der Waals surface area contributed by atoms with Gasteiger partial charge in [0.25, 0.3) is 0 Å². The van der Waals surface area contributed by atoms with Gasteiger partial charge in [-0.05, 0) is 63.3 Å². The standard InChI is InChI=1S/C18H29ClN2/c1-5-10-20-15(4)17-9-8-16(11-18(17)19)21-12-13(2)6-7-14(21)3/h8-9,11,13-15,20H,5-7,10,12H2,1-4H3. The molecule has 118 valence electrons. The highest BCUT2D eigenvalue weighted by molar-refractivity contribution is 6.31. The number of hydrogen-bond acceptors (Lipinski definition) is 2. The lowest BCUT2D eigenvalue weighted by Gasteiger charge is -2.39. The summed E-state index contributed by atoms with van der Waals surface area (Å²) >= 11 is 6.54. The van der Waals surface area contributed by atoms with Crippen LogP contribution in [0.3, 0.4) is 0 Å². The van der Waals surface area contributed by atoms with Crippen molar-refractivity contribution in [3.05, 3.63) is 28.8 Å². The summed E-state index contributed by atoms with van der Waals surface area (Å²) in [5.41, 5.74) is 2.47. The Bertz CT molecular complexity index is 461. The molecule has 3 heteroatoms. The Morgan fingerprint density at radius 2 is 2.10 bits per heavy atom. The predicted octanol–water partition coefficient (Wildman–Crippen LogP) is 5.03. The van der Waals surface area contributed by atoms with E-state index in [1.165, 1.54) is 24.1 Å². The van der Waals surface area contributed by atoms with Gasteiger partial charge in [-0.1, -0.05) is 31.5 Å². The predicted molar refractivity (Wildman–Crippen MR) is 93.4 cm³/mol. The van der Waals surface area contributed by atoms with Crippen molar-refractivity contribution in [2.45, 2.75) is 59.0 Å². The van der Waals surface area contributed by atoms with Crippen LogP contribution in [0.15, 0.2) is 18.2 Å². The van der Waals surface area contributed by atoms with Gasteiger partial charge in [-0.25, -0.2) is 0 Å². The minimum Gasteiger partial charge on any atom is -0.369 e. The second-order valence-electron chi connectivity index (χ2n) is 6.57. The van der Waals surface area contributed by atoms with Crippen molar-refractivity contribution < 1.29 is 0 Å². The number of hydrogen-bond donors (Lipinski definition) is 1. The molecule has 1 aromatic carbocycles. The average Bonchev–Trinajstić information content (AvgIpc) is 2.47. The molecule has 21 heavy (non-hydrogen) atoms. The number of halogens is 1. The maximum absolute atomic E-state index is 6.54. The van der Waals surface area contributed by atoms with Crippen molar-refractivity contribution in [3.8, 4) is 0 Å². The third-order valence-electron chi connectivity index (χ3n) is 4.60. The minimum absolute atomic E-state index is 0.309. The van der Waals surface area contributed by atoms with E-state index in [-0.39, 0.29) is 0 Å². The smallest absolute Gasteiger partial charge is 0.0474 e. The number of rotatable bonds is 5. The molecular weight excluding hydrogens is 280 g/mol. The molecule has 0 saturated carbocycles. The van der Waals surface area contributed by atoms with Crippen LogP contribution in [-0.4, -0.2) is 19.1 Å². The summed E-state index contributed by atoms with van der Waals surface area (Å²) < 4.78 is 0. The molecule has 3 atom stereocenters. The van der Waals surface area contributed by atoms with Gasteiger partial charge in [-0.2, -0.15) is 0 Å². The number of nitrogens with one attached hydrogen (secondary N) is 1. The third-order valence-corrected chi connectivity index (χ3v) is 4.93. The van der Waals surface area contributed by atoms with E-state index in [0.717, 1.165) is 30.5 Å². The van der Waals surface area contributed by atoms with Gasteiger partial charge in [0.05, 0.1) is 0 Å². The highest BCUT2D eigenvalue weighted by Crippen LogP contribution is 2.32. The van der Waals surface area contributed by atoms with E-state index in [4.69, 9.17) is 11.6 Å². The number of benzene rings is 1. The lowest BCUT2D eigenvalue weighted by atomic mass is 9.94. The van der Waals surface area contributed by atoms with E-state index in [0.29, 0.717) is 12.1 Å². The van der Waals surface area contributed by atoms with Crippen molar-refractivity contribution in [3.63, 3.8) is 0 Å². The Balaban J connectivity index is 2.14. The Kier molecular flexibility index (Phi) is 5.95. The largest absolute Gasteiger partial charge is 0.369 e. The van der Waals surface area contributed by atoms with Gasteiger partial charge in [0.15, 0.2) is 0 Å². The first kappa shape index (κ1) is 16.6. The van der Waals surface area contributed by atoms with Crippen LogP contribution in [0.5, 0.6) is 0 Å². The molecule has 2 nitrogen and oxygen atoms in total. The van der Waals surface area contributed by atoms with E-state index < -0.39 is 0 Å². The van der Waals surface area contributed by atoms with Crippen LogP contribution in [0, 0.1) is 5.92 Å². The molecule has 2 rings (SSSR count). The molecule has 3 unspecified atom stereocenters. The number of anilines is 1. The minimum atomic E-state index is 0.309. The van der Waals surface area contributed by atoms with Crippen LogP contribution in [-0.2, 0) is 0 Å². The SMILES string of the molecule is CCCNC(C)c1ccc(N2CC(C)CCC2C)cc1Cl. The first-order valence-corrected chi connectivity index (χ1v) is 8.70. The van der Waals surface area contributed by atoms with Crippen molar-refractivity contribution in [1.82, 2.24) is 5.32 Å². The highest BCUT2D eigenvalue weighted by Gasteiger charge is 2.23. The van der Waals surface area contributed by atoms with Gasteiger partial charge in [-0.3, -0.25) is 0 Å². The van der Waals surface area contributed by atoms with E-state index in [9.17, 15) is 0 Å². The van der Waals surface area contributed by atoms with E-state index in [1.54, 1.807) is 0 Å². The van der Waals surface area contributed by atoms with Crippen LogP contribution in [0.4, 0.5) is 5.69 Å². The van der Waals surface area contributed by atoms with Crippen LogP contribution < -0.4 is 10.2 Å². The van der Waals surface area contributed by atoms with Gasteiger partial charge < -0.3 is 10.2 Å². The van der Waals surface area contributed by atoms with Gasteiger partial charge >= 0.3 is 0 Å². The summed E-state index contributed by atoms with van der Waals surface area (Å²) in [5.74, 6) is 0.768. The first-order chi connectivity index (χ1) is 10.0. The summed E-state index contributed by atoms with van der Waals surface area (Å²) in [6.45, 7) is 11.2. The highest BCUT2D eigenvalue weighted by atomic mass is 35.5. The van der Waals surface area contributed by atoms with Crippen LogP contribution in [0.2, 0.25) is 5.02 Å². The molecule has 1 heterocycles. The van der Waals surface area contributed by atoms with Crippen LogP contribution >= 0.6 is 11.6 Å². The van der Waals surface area contributed by atoms with Crippen LogP contribution in [0.25, 0.3) is 0 Å². The Labute approximate surface area is 134 Å². The molecule has 1 aliphatic rings. The molecule has 1 aromatic rings. The molecular formula is C18H29ClN2. The van der Waals surface area contributed by atoms with Gasteiger partial charge in [0.1, 0.15) is 0 Å². The zero-order valence-corrected chi connectivity index (χ0v) is 14.6. The maximum atomic E-state index is 6.54. The molecule has 0 aromatic heterocycles. The van der Waals surface area contributed by atoms with E-state index in [2.05, 4.69) is 56.1 Å². The summed E-state index contributed by atoms with van der Waals surface area (Å²) in [7, 11) is 0. The topological polar surface area (TPSA) is 15.3 Å². The fourth-order valence-electron chi connectivity index (χ4n) is 3.17. The van der Waals surface area contributed by atoms with Gasteiger partial charge in [0, 0.05) is 29.3 Å². The molecule has 1 N–H and O–H groups in total. The molecule has 1 aliphatic heterocycles. The summed E-state index contributed by atoms with van der Waals surface area (Å²) in [5, 5.41) is 4.39. The molecule has 1 fully saturated rings. The molecule has 0 bridgehead atoms. The average molecular weight is 309 g/mol. The quantitative estimate of drug-likeness (QED) is 0.821.